The zero-order valence-corrected chi connectivity index (χ0v) is 13.5. The minimum atomic E-state index is -0.993. The van der Waals surface area contributed by atoms with Crippen molar-refractivity contribution in [3.05, 3.63) is 57.8 Å². The average Bonchev–Trinajstić information content (AvgIpc) is 3.23. The van der Waals surface area contributed by atoms with Crippen LogP contribution in [0.1, 0.15) is 31.4 Å². The Morgan fingerprint density at radius 3 is 2.60 bits per heavy atom. The highest BCUT2D eigenvalue weighted by atomic mass is 16.7. The third-order valence-electron chi connectivity index (χ3n) is 3.41. The van der Waals surface area contributed by atoms with Crippen LogP contribution in [-0.4, -0.2) is 28.3 Å². The average molecular weight is 345 g/mol. The van der Waals surface area contributed by atoms with Crippen molar-refractivity contribution in [2.45, 2.75) is 20.1 Å². The van der Waals surface area contributed by atoms with Crippen molar-refractivity contribution in [2.75, 3.05) is 6.61 Å². The lowest BCUT2D eigenvalue weighted by Gasteiger charge is -2.16. The van der Waals surface area contributed by atoms with Crippen molar-refractivity contribution in [3.8, 4) is 5.75 Å². The summed E-state index contributed by atoms with van der Waals surface area (Å²) < 4.78 is 16.2. The third-order valence-corrected chi connectivity index (χ3v) is 3.41. The minimum Gasteiger partial charge on any atom is -0.494 e. The van der Waals surface area contributed by atoms with Crippen LogP contribution >= 0.6 is 0 Å². The molecule has 0 saturated carbocycles. The summed E-state index contributed by atoms with van der Waals surface area (Å²) in [5, 5.41) is 16.0. The number of nitro groups is 1. The van der Waals surface area contributed by atoms with Gasteiger partial charge in [0.2, 0.25) is 11.8 Å². The highest BCUT2D eigenvalue weighted by Crippen LogP contribution is 2.33. The second-order valence-corrected chi connectivity index (χ2v) is 5.13. The Kier molecular flexibility index (Phi) is 4.38. The summed E-state index contributed by atoms with van der Waals surface area (Å²) in [6, 6.07) is 9.59. The molecule has 2 aromatic rings. The number of ether oxygens (including phenoxy) is 2. The summed E-state index contributed by atoms with van der Waals surface area (Å²) in [6.07, 6.45) is -0.993. The normalized spacial score (nSPS) is 16.3. The summed E-state index contributed by atoms with van der Waals surface area (Å²) in [6.45, 7) is 3.75. The van der Waals surface area contributed by atoms with Gasteiger partial charge in [0.05, 0.1) is 12.7 Å². The minimum absolute atomic E-state index is 0.117. The summed E-state index contributed by atoms with van der Waals surface area (Å²) in [4.78, 5) is 21.9. The second-order valence-electron chi connectivity index (χ2n) is 5.13. The fourth-order valence-electron chi connectivity index (χ4n) is 2.30. The van der Waals surface area contributed by atoms with Crippen molar-refractivity contribution in [3.63, 3.8) is 0 Å². The Morgan fingerprint density at radius 2 is 2.04 bits per heavy atom. The number of nitrogens with zero attached hydrogens (tertiary/aromatic N) is 3. The fourth-order valence-corrected chi connectivity index (χ4v) is 2.30. The SMILES string of the molecule is CCOc1ccc(C2=NN(C(C)=O)C(c3ccc([N+](=O)[O-])o3)O2)cc1. The monoisotopic (exact) mass is 345 g/mol. The predicted octanol–water partition coefficient (Wildman–Crippen LogP) is 2.83. The van der Waals surface area contributed by atoms with Gasteiger partial charge < -0.3 is 13.9 Å². The molecule has 1 aliphatic rings. The number of carbonyl (C=O) groups excluding carboxylic acids is 1. The van der Waals surface area contributed by atoms with E-state index in [1.807, 2.05) is 6.92 Å². The van der Waals surface area contributed by atoms with Gasteiger partial charge in [0, 0.05) is 12.5 Å². The van der Waals surface area contributed by atoms with Gasteiger partial charge in [-0.3, -0.25) is 14.9 Å². The van der Waals surface area contributed by atoms with E-state index < -0.39 is 17.0 Å². The van der Waals surface area contributed by atoms with E-state index in [1.165, 1.54) is 19.1 Å². The Balaban J connectivity index is 1.86. The van der Waals surface area contributed by atoms with Gasteiger partial charge in [0.15, 0.2) is 5.76 Å². The number of rotatable bonds is 5. The number of hydrazone groups is 1. The molecule has 1 aliphatic heterocycles. The molecule has 3 rings (SSSR count). The molecule has 0 fully saturated rings. The molecule has 9 nitrogen and oxygen atoms in total. The number of furan rings is 1. The van der Waals surface area contributed by atoms with Crippen LogP contribution in [0.2, 0.25) is 0 Å². The fraction of sp³-hybridized carbons (Fsp3) is 0.250. The van der Waals surface area contributed by atoms with Crippen LogP contribution in [0.4, 0.5) is 5.88 Å². The van der Waals surface area contributed by atoms with Crippen LogP contribution in [0.3, 0.4) is 0 Å². The topological polar surface area (TPSA) is 107 Å². The highest BCUT2D eigenvalue weighted by molar-refractivity contribution is 5.96. The lowest BCUT2D eigenvalue weighted by Crippen LogP contribution is -2.24. The first kappa shape index (κ1) is 16.5. The van der Waals surface area contributed by atoms with Gasteiger partial charge in [-0.1, -0.05) is 0 Å². The van der Waals surface area contributed by atoms with Crippen molar-refractivity contribution < 1.29 is 23.6 Å². The molecule has 1 aromatic carbocycles. The quantitative estimate of drug-likeness (QED) is 0.609. The maximum absolute atomic E-state index is 11.8. The second kappa shape index (κ2) is 6.63. The zero-order valence-electron chi connectivity index (χ0n) is 13.5. The Hall–Kier alpha value is -3.36. The van der Waals surface area contributed by atoms with Gasteiger partial charge in [-0.25, -0.2) is 0 Å². The molecular formula is C16H15N3O6. The molecule has 130 valence electrons. The van der Waals surface area contributed by atoms with Crippen molar-refractivity contribution >= 4 is 17.7 Å². The van der Waals surface area contributed by atoms with E-state index in [0.29, 0.717) is 17.9 Å². The molecule has 0 radical (unpaired) electrons. The Labute approximate surface area is 142 Å². The van der Waals surface area contributed by atoms with Gasteiger partial charge in [-0.05, 0) is 37.3 Å². The molecule has 2 heterocycles. The van der Waals surface area contributed by atoms with E-state index in [2.05, 4.69) is 5.10 Å². The largest absolute Gasteiger partial charge is 0.494 e. The number of benzene rings is 1. The summed E-state index contributed by atoms with van der Waals surface area (Å²) in [5.41, 5.74) is 0.637. The summed E-state index contributed by atoms with van der Waals surface area (Å²) >= 11 is 0. The van der Waals surface area contributed by atoms with E-state index >= 15 is 0 Å². The van der Waals surface area contributed by atoms with Crippen molar-refractivity contribution in [1.82, 2.24) is 5.01 Å². The Bertz CT molecular complexity index is 827. The first-order valence-corrected chi connectivity index (χ1v) is 7.52. The molecule has 1 amide bonds. The van der Waals surface area contributed by atoms with Crippen LogP contribution in [0.15, 0.2) is 45.9 Å². The van der Waals surface area contributed by atoms with E-state index in [4.69, 9.17) is 13.9 Å². The lowest BCUT2D eigenvalue weighted by molar-refractivity contribution is -0.402. The number of hydrogen-bond acceptors (Lipinski definition) is 7. The van der Waals surface area contributed by atoms with Gasteiger partial charge in [-0.2, -0.15) is 5.01 Å². The van der Waals surface area contributed by atoms with Crippen LogP contribution in [-0.2, 0) is 9.53 Å². The van der Waals surface area contributed by atoms with Crippen molar-refractivity contribution in [2.24, 2.45) is 5.10 Å². The maximum Gasteiger partial charge on any atom is 0.433 e. The molecule has 0 saturated heterocycles. The maximum atomic E-state index is 11.8. The zero-order chi connectivity index (χ0) is 18.0. The first-order chi connectivity index (χ1) is 12.0. The first-order valence-electron chi connectivity index (χ1n) is 7.52. The van der Waals surface area contributed by atoms with Crippen LogP contribution < -0.4 is 4.74 Å². The predicted molar refractivity (Wildman–Crippen MR) is 85.9 cm³/mol. The molecule has 0 bridgehead atoms. The van der Waals surface area contributed by atoms with E-state index in [9.17, 15) is 14.9 Å². The van der Waals surface area contributed by atoms with Gasteiger partial charge in [0.1, 0.15) is 10.7 Å². The lowest BCUT2D eigenvalue weighted by atomic mass is 10.2. The molecule has 0 spiro atoms. The van der Waals surface area contributed by atoms with E-state index in [0.717, 1.165) is 5.01 Å². The van der Waals surface area contributed by atoms with Crippen LogP contribution in [0, 0.1) is 10.1 Å². The molecule has 1 unspecified atom stereocenters. The number of carbonyl (C=O) groups is 1. The molecule has 25 heavy (non-hydrogen) atoms. The third kappa shape index (κ3) is 3.30. The van der Waals surface area contributed by atoms with Crippen molar-refractivity contribution in [1.29, 1.82) is 0 Å². The number of hydrogen-bond donors (Lipinski definition) is 0. The molecule has 0 N–H and O–H groups in total. The summed E-state index contributed by atoms with van der Waals surface area (Å²) in [7, 11) is 0. The molecule has 1 aromatic heterocycles. The van der Waals surface area contributed by atoms with E-state index in [1.54, 1.807) is 24.3 Å². The van der Waals surface area contributed by atoms with Gasteiger partial charge in [-0.15, -0.1) is 5.10 Å². The van der Waals surface area contributed by atoms with E-state index in [-0.39, 0.29) is 17.6 Å². The Morgan fingerprint density at radius 1 is 1.32 bits per heavy atom. The number of amides is 1. The molecular weight excluding hydrogens is 330 g/mol. The highest BCUT2D eigenvalue weighted by Gasteiger charge is 2.36. The summed E-state index contributed by atoms with van der Waals surface area (Å²) in [5.74, 6) is 0.210. The molecule has 1 atom stereocenters. The smallest absolute Gasteiger partial charge is 0.433 e. The van der Waals surface area contributed by atoms with Crippen LogP contribution in [0.25, 0.3) is 0 Å². The van der Waals surface area contributed by atoms with Gasteiger partial charge in [0.25, 0.3) is 6.23 Å². The van der Waals surface area contributed by atoms with Gasteiger partial charge >= 0.3 is 5.88 Å². The molecule has 0 aliphatic carbocycles. The van der Waals surface area contributed by atoms with Crippen LogP contribution in [0.5, 0.6) is 5.75 Å². The standard InChI is InChI=1S/C16H15N3O6/c1-3-23-12-6-4-11(5-7-12)15-17-18(10(2)20)16(25-15)13-8-9-14(24-13)19(21)22/h4-9,16H,3H2,1-2H3. The molecule has 9 heteroatoms.